The van der Waals surface area contributed by atoms with Gasteiger partial charge in [-0.3, -0.25) is 4.79 Å². The molecule has 0 amide bonds. The van der Waals surface area contributed by atoms with Gasteiger partial charge in [0.15, 0.2) is 0 Å². The fraction of sp³-hybridized carbons (Fsp3) is 0.414. The van der Waals surface area contributed by atoms with Crippen molar-refractivity contribution in [2.45, 2.75) is 45.4 Å². The van der Waals surface area contributed by atoms with Crippen LogP contribution in [0.25, 0.3) is 0 Å². The van der Waals surface area contributed by atoms with Crippen LogP contribution in [0.1, 0.15) is 43.7 Å². The van der Waals surface area contributed by atoms with Crippen molar-refractivity contribution < 1.29 is 18.7 Å². The minimum atomic E-state index is -0.338. The molecule has 0 N–H and O–H groups in total. The number of carbonyl (C=O) groups excluding carboxylic acids is 1. The molecule has 180 valence electrons. The average molecular weight is 464 g/mol. The number of allylic oxidation sites excluding steroid dienone is 2. The second-order valence-electron chi connectivity index (χ2n) is 8.94. The number of esters is 1. The van der Waals surface area contributed by atoms with Gasteiger partial charge >= 0.3 is 5.97 Å². The van der Waals surface area contributed by atoms with Gasteiger partial charge in [0.25, 0.3) is 0 Å². The summed E-state index contributed by atoms with van der Waals surface area (Å²) in [4.78, 5) is 14.0. The van der Waals surface area contributed by atoms with Crippen molar-refractivity contribution in [1.29, 1.82) is 0 Å². The van der Waals surface area contributed by atoms with Crippen LogP contribution in [0.15, 0.2) is 72.0 Å². The Labute approximate surface area is 202 Å². The van der Waals surface area contributed by atoms with Crippen LogP contribution in [-0.2, 0) is 22.4 Å². The number of halogens is 1. The Balaban J connectivity index is 1.35. The fourth-order valence-corrected chi connectivity index (χ4v) is 4.82. The first kappa shape index (κ1) is 24.1. The second kappa shape index (κ2) is 11.9. The maximum atomic E-state index is 14.5. The van der Waals surface area contributed by atoms with E-state index in [0.29, 0.717) is 36.9 Å². The third-order valence-electron chi connectivity index (χ3n) is 6.63. The first-order valence-corrected chi connectivity index (χ1v) is 12.4. The molecule has 5 heteroatoms. The number of nitrogens with zero attached hydrogens (tertiary/aromatic N) is 1. The van der Waals surface area contributed by atoms with Gasteiger partial charge in [-0.15, -0.1) is 0 Å². The van der Waals surface area contributed by atoms with E-state index >= 15 is 0 Å². The first-order chi connectivity index (χ1) is 16.6. The van der Waals surface area contributed by atoms with Crippen LogP contribution in [-0.4, -0.2) is 37.2 Å². The summed E-state index contributed by atoms with van der Waals surface area (Å²) >= 11 is 0. The van der Waals surface area contributed by atoms with Crippen LogP contribution >= 0.6 is 0 Å². The van der Waals surface area contributed by atoms with Gasteiger partial charge in [-0.25, -0.2) is 4.39 Å². The van der Waals surface area contributed by atoms with Crippen molar-refractivity contribution in [2.24, 2.45) is 5.92 Å². The number of rotatable bonds is 10. The lowest BCUT2D eigenvalue weighted by Crippen LogP contribution is -2.34. The predicted octanol–water partition coefficient (Wildman–Crippen LogP) is 5.87. The van der Waals surface area contributed by atoms with Crippen LogP contribution in [0.3, 0.4) is 0 Å². The van der Waals surface area contributed by atoms with Gasteiger partial charge in [0.05, 0.1) is 13.2 Å². The van der Waals surface area contributed by atoms with E-state index in [1.54, 1.807) is 19.1 Å². The highest BCUT2D eigenvalue weighted by molar-refractivity contribution is 5.69. The number of benzene rings is 2. The quantitative estimate of drug-likeness (QED) is 0.413. The van der Waals surface area contributed by atoms with Crippen molar-refractivity contribution in [3.05, 3.63) is 88.9 Å². The summed E-state index contributed by atoms with van der Waals surface area (Å²) in [5.74, 6) is 0.203. The van der Waals surface area contributed by atoms with Crippen LogP contribution < -0.4 is 4.74 Å². The summed E-state index contributed by atoms with van der Waals surface area (Å²) in [6, 6.07) is 15.6. The summed E-state index contributed by atoms with van der Waals surface area (Å²) in [5.41, 5.74) is 4.69. The topological polar surface area (TPSA) is 38.8 Å². The van der Waals surface area contributed by atoms with Crippen molar-refractivity contribution in [3.63, 3.8) is 0 Å². The Kier molecular flexibility index (Phi) is 8.40. The molecular formula is C29H34FNO3. The lowest BCUT2D eigenvalue weighted by atomic mass is 9.84. The standard InChI is InChI=1S/C29H34FNO3/c1-2-33-29(32)16-14-23-13-15-25(20-27(23)30)34-21-24-10-6-12-28-26(24)11-7-18-31(28)19-17-22-8-4-3-5-9-22/h3-6,8-9,12-13,15,20,24H,2,7,10-11,14,16-19,21H2,1H3. The molecular weight excluding hydrogens is 429 g/mol. The maximum Gasteiger partial charge on any atom is 0.306 e. The van der Waals surface area contributed by atoms with Crippen LogP contribution in [0.2, 0.25) is 0 Å². The molecule has 34 heavy (non-hydrogen) atoms. The van der Waals surface area contributed by atoms with Crippen LogP contribution in [0.4, 0.5) is 4.39 Å². The maximum absolute atomic E-state index is 14.5. The normalized spacial score (nSPS) is 17.5. The third kappa shape index (κ3) is 6.28. The molecule has 1 aliphatic heterocycles. The number of carbonyl (C=O) groups is 1. The van der Waals surface area contributed by atoms with Gasteiger partial charge < -0.3 is 14.4 Å². The van der Waals surface area contributed by atoms with E-state index in [9.17, 15) is 9.18 Å². The summed E-state index contributed by atoms with van der Waals surface area (Å²) in [5, 5.41) is 0. The Morgan fingerprint density at radius 2 is 2.00 bits per heavy atom. The lowest BCUT2D eigenvalue weighted by Gasteiger charge is -2.37. The summed E-state index contributed by atoms with van der Waals surface area (Å²) in [6.45, 7) is 4.74. The summed E-state index contributed by atoms with van der Waals surface area (Å²) in [6.07, 6.45) is 9.25. The molecule has 1 aliphatic carbocycles. The summed E-state index contributed by atoms with van der Waals surface area (Å²) < 4.78 is 25.5. The predicted molar refractivity (Wildman–Crippen MR) is 132 cm³/mol. The number of hydrogen-bond donors (Lipinski definition) is 0. The van der Waals surface area contributed by atoms with Crippen molar-refractivity contribution in [1.82, 2.24) is 4.90 Å². The average Bonchev–Trinajstić information content (AvgIpc) is 2.86. The zero-order valence-corrected chi connectivity index (χ0v) is 20.0. The zero-order valence-electron chi connectivity index (χ0n) is 20.0. The van der Waals surface area contributed by atoms with E-state index in [0.717, 1.165) is 38.8 Å². The SMILES string of the molecule is CCOC(=O)CCc1ccc(OCC2CC=CC3=C2CCCN3CCc2ccccc2)cc1F. The summed E-state index contributed by atoms with van der Waals surface area (Å²) in [7, 11) is 0. The van der Waals surface area contributed by atoms with Gasteiger partial charge in [0.1, 0.15) is 11.6 Å². The van der Waals surface area contributed by atoms with Crippen molar-refractivity contribution in [2.75, 3.05) is 26.3 Å². The molecule has 1 atom stereocenters. The molecule has 0 radical (unpaired) electrons. The monoisotopic (exact) mass is 463 g/mol. The molecule has 0 spiro atoms. The van der Waals surface area contributed by atoms with E-state index in [1.165, 1.54) is 22.9 Å². The number of hydrogen-bond acceptors (Lipinski definition) is 4. The molecule has 2 aromatic rings. The van der Waals surface area contributed by atoms with E-state index in [4.69, 9.17) is 9.47 Å². The van der Waals surface area contributed by atoms with E-state index in [2.05, 4.69) is 47.4 Å². The molecule has 1 heterocycles. The third-order valence-corrected chi connectivity index (χ3v) is 6.63. The largest absolute Gasteiger partial charge is 0.493 e. The second-order valence-corrected chi connectivity index (χ2v) is 8.94. The highest BCUT2D eigenvalue weighted by Crippen LogP contribution is 2.35. The van der Waals surface area contributed by atoms with Gasteiger partial charge in [0.2, 0.25) is 0 Å². The highest BCUT2D eigenvalue weighted by Gasteiger charge is 2.27. The minimum absolute atomic E-state index is 0.178. The smallest absolute Gasteiger partial charge is 0.306 e. The molecule has 0 fully saturated rings. The van der Waals surface area contributed by atoms with Crippen LogP contribution in [0, 0.1) is 11.7 Å². The molecule has 0 saturated heterocycles. The molecule has 0 bridgehead atoms. The molecule has 2 aromatic carbocycles. The van der Waals surface area contributed by atoms with Gasteiger partial charge in [-0.05, 0) is 67.9 Å². The van der Waals surface area contributed by atoms with Crippen molar-refractivity contribution >= 4 is 5.97 Å². The van der Waals surface area contributed by atoms with Crippen molar-refractivity contribution in [3.8, 4) is 5.75 Å². The minimum Gasteiger partial charge on any atom is -0.493 e. The van der Waals surface area contributed by atoms with Gasteiger partial charge in [0, 0.05) is 37.2 Å². The molecule has 4 rings (SSSR count). The Morgan fingerprint density at radius 1 is 1.15 bits per heavy atom. The highest BCUT2D eigenvalue weighted by atomic mass is 19.1. The van der Waals surface area contributed by atoms with E-state index < -0.39 is 0 Å². The fourth-order valence-electron chi connectivity index (χ4n) is 4.82. The lowest BCUT2D eigenvalue weighted by molar-refractivity contribution is -0.143. The molecule has 4 nitrogen and oxygen atoms in total. The Bertz CT molecular complexity index is 1030. The molecule has 2 aliphatic rings. The van der Waals surface area contributed by atoms with Gasteiger partial charge in [-0.1, -0.05) is 42.5 Å². The first-order valence-electron chi connectivity index (χ1n) is 12.4. The molecule has 1 unspecified atom stereocenters. The molecule has 0 saturated carbocycles. The van der Waals surface area contributed by atoms with E-state index in [1.807, 2.05) is 0 Å². The van der Waals surface area contributed by atoms with Crippen LogP contribution in [0.5, 0.6) is 5.75 Å². The van der Waals surface area contributed by atoms with E-state index in [-0.39, 0.29) is 18.2 Å². The molecule has 0 aromatic heterocycles. The Morgan fingerprint density at radius 3 is 2.79 bits per heavy atom. The van der Waals surface area contributed by atoms with Gasteiger partial charge in [-0.2, -0.15) is 0 Å². The Hall–Kier alpha value is -3.08. The number of ether oxygens (including phenoxy) is 2. The zero-order chi connectivity index (χ0) is 23.8. The number of aryl methyl sites for hydroxylation is 1.